The zero-order valence-corrected chi connectivity index (χ0v) is 14.9. The molecule has 1 fully saturated rings. The molecule has 1 aliphatic heterocycles. The van der Waals surface area contributed by atoms with Gasteiger partial charge >= 0.3 is 0 Å². The van der Waals surface area contributed by atoms with E-state index >= 15 is 0 Å². The number of nitrogens with one attached hydrogen (secondary N) is 1. The molecule has 4 heterocycles. The van der Waals surface area contributed by atoms with Gasteiger partial charge in [0.1, 0.15) is 29.0 Å². The summed E-state index contributed by atoms with van der Waals surface area (Å²) in [5.74, 6) is 4.77. The number of rotatable bonds is 4. The van der Waals surface area contributed by atoms with Crippen LogP contribution in [-0.2, 0) is 0 Å². The van der Waals surface area contributed by atoms with E-state index in [0.717, 1.165) is 49.4 Å². The summed E-state index contributed by atoms with van der Waals surface area (Å²) in [4.78, 5) is 18.0. The molecule has 1 saturated heterocycles. The highest BCUT2D eigenvalue weighted by Crippen LogP contribution is 2.22. The monoisotopic (exact) mass is 351 g/mol. The van der Waals surface area contributed by atoms with Crippen molar-refractivity contribution in [3.8, 4) is 0 Å². The highest BCUT2D eigenvalue weighted by molar-refractivity contribution is 5.57. The van der Waals surface area contributed by atoms with Crippen molar-refractivity contribution in [2.45, 2.75) is 13.8 Å². The first kappa shape index (κ1) is 16.3. The molecule has 26 heavy (non-hydrogen) atoms. The highest BCUT2D eigenvalue weighted by atomic mass is 16.5. The SMILES string of the molecule is Cc1nc(Nc2cc(C)on2)cc(N2CCN(c3ccccn3)CC2)n1. The molecular formula is C18H21N7O. The van der Waals surface area contributed by atoms with E-state index in [1.165, 1.54) is 0 Å². The van der Waals surface area contributed by atoms with Gasteiger partial charge in [0.05, 0.1) is 0 Å². The minimum absolute atomic E-state index is 0.645. The molecule has 8 nitrogen and oxygen atoms in total. The summed E-state index contributed by atoms with van der Waals surface area (Å²) in [6.07, 6.45) is 1.83. The van der Waals surface area contributed by atoms with E-state index in [1.54, 1.807) is 0 Å². The van der Waals surface area contributed by atoms with Gasteiger partial charge in [0.25, 0.3) is 0 Å². The minimum atomic E-state index is 0.645. The van der Waals surface area contributed by atoms with Gasteiger partial charge in [0.2, 0.25) is 0 Å². The fourth-order valence-electron chi connectivity index (χ4n) is 3.04. The van der Waals surface area contributed by atoms with E-state index in [4.69, 9.17) is 4.52 Å². The Hall–Kier alpha value is -3.16. The van der Waals surface area contributed by atoms with Gasteiger partial charge in [0.15, 0.2) is 5.82 Å². The molecule has 0 saturated carbocycles. The van der Waals surface area contributed by atoms with Gasteiger partial charge in [0, 0.05) is 44.5 Å². The first-order valence-electron chi connectivity index (χ1n) is 8.64. The van der Waals surface area contributed by atoms with Crippen LogP contribution < -0.4 is 15.1 Å². The largest absolute Gasteiger partial charge is 0.360 e. The maximum atomic E-state index is 5.09. The van der Waals surface area contributed by atoms with Crippen molar-refractivity contribution >= 4 is 23.3 Å². The Balaban J connectivity index is 1.46. The average molecular weight is 351 g/mol. The lowest BCUT2D eigenvalue weighted by molar-refractivity contribution is 0.400. The van der Waals surface area contributed by atoms with Gasteiger partial charge in [-0.2, -0.15) is 0 Å². The predicted molar refractivity (Wildman–Crippen MR) is 100.0 cm³/mol. The van der Waals surface area contributed by atoms with E-state index in [2.05, 4.69) is 35.2 Å². The molecule has 0 atom stereocenters. The van der Waals surface area contributed by atoms with Crippen LogP contribution in [0.5, 0.6) is 0 Å². The molecule has 0 bridgehead atoms. The smallest absolute Gasteiger partial charge is 0.175 e. The van der Waals surface area contributed by atoms with E-state index in [9.17, 15) is 0 Å². The molecular weight excluding hydrogens is 330 g/mol. The summed E-state index contributed by atoms with van der Waals surface area (Å²) < 4.78 is 5.09. The summed E-state index contributed by atoms with van der Waals surface area (Å²) in [7, 11) is 0. The maximum absolute atomic E-state index is 5.09. The van der Waals surface area contributed by atoms with E-state index in [0.29, 0.717) is 11.6 Å². The molecule has 0 spiro atoms. The molecule has 8 heteroatoms. The Morgan fingerprint density at radius 3 is 2.35 bits per heavy atom. The number of anilines is 4. The summed E-state index contributed by atoms with van der Waals surface area (Å²) in [5.41, 5.74) is 0. The first-order valence-corrected chi connectivity index (χ1v) is 8.64. The Kier molecular flexibility index (Phi) is 4.39. The fourth-order valence-corrected chi connectivity index (χ4v) is 3.04. The summed E-state index contributed by atoms with van der Waals surface area (Å²) >= 11 is 0. The Bertz CT molecular complexity index is 872. The van der Waals surface area contributed by atoms with Gasteiger partial charge in [-0.15, -0.1) is 0 Å². The molecule has 0 radical (unpaired) electrons. The van der Waals surface area contributed by atoms with Crippen molar-refractivity contribution in [1.82, 2.24) is 20.1 Å². The lowest BCUT2D eigenvalue weighted by Crippen LogP contribution is -2.47. The molecule has 3 aromatic rings. The van der Waals surface area contributed by atoms with Crippen molar-refractivity contribution in [1.29, 1.82) is 0 Å². The molecule has 134 valence electrons. The highest BCUT2D eigenvalue weighted by Gasteiger charge is 2.20. The van der Waals surface area contributed by atoms with Crippen molar-refractivity contribution < 1.29 is 4.52 Å². The lowest BCUT2D eigenvalue weighted by atomic mass is 10.3. The van der Waals surface area contributed by atoms with Gasteiger partial charge in [-0.1, -0.05) is 11.2 Å². The standard InChI is InChI=1S/C18H21N7O/c1-13-11-16(23-26-13)22-15-12-18(21-14(2)20-15)25-9-7-24(8-10-25)17-5-3-4-6-19-17/h3-6,11-12H,7-10H2,1-2H3,(H,20,21,22,23). The number of hydrogen-bond donors (Lipinski definition) is 1. The Morgan fingerprint density at radius 2 is 1.69 bits per heavy atom. The van der Waals surface area contributed by atoms with Crippen LogP contribution in [0.1, 0.15) is 11.6 Å². The van der Waals surface area contributed by atoms with Crippen LogP contribution in [0.4, 0.5) is 23.3 Å². The van der Waals surface area contributed by atoms with E-state index < -0.39 is 0 Å². The van der Waals surface area contributed by atoms with Crippen LogP contribution in [0.2, 0.25) is 0 Å². The third kappa shape index (κ3) is 3.58. The number of hydrogen-bond acceptors (Lipinski definition) is 8. The van der Waals surface area contributed by atoms with Crippen molar-refractivity contribution in [2.24, 2.45) is 0 Å². The predicted octanol–water partition coefficient (Wildman–Crippen LogP) is 2.55. The Labute approximate surface area is 151 Å². The molecule has 4 rings (SSSR count). The third-order valence-corrected chi connectivity index (χ3v) is 4.29. The third-order valence-electron chi connectivity index (χ3n) is 4.29. The second-order valence-corrected chi connectivity index (χ2v) is 6.27. The van der Waals surface area contributed by atoms with Gasteiger partial charge in [-0.3, -0.25) is 0 Å². The van der Waals surface area contributed by atoms with Crippen LogP contribution in [0.15, 0.2) is 41.1 Å². The summed E-state index contributed by atoms with van der Waals surface area (Å²) in [5, 5.41) is 7.13. The zero-order chi connectivity index (χ0) is 17.9. The second kappa shape index (κ2) is 6.99. The normalized spacial score (nSPS) is 14.5. The van der Waals surface area contributed by atoms with Crippen LogP contribution in [0, 0.1) is 13.8 Å². The van der Waals surface area contributed by atoms with E-state index in [1.807, 2.05) is 50.4 Å². The summed E-state index contributed by atoms with van der Waals surface area (Å²) in [6.45, 7) is 7.34. The topological polar surface area (TPSA) is 83.2 Å². The fraction of sp³-hybridized carbons (Fsp3) is 0.333. The van der Waals surface area contributed by atoms with E-state index in [-0.39, 0.29) is 0 Å². The summed E-state index contributed by atoms with van der Waals surface area (Å²) in [6, 6.07) is 9.79. The van der Waals surface area contributed by atoms with Crippen molar-refractivity contribution in [3.05, 3.63) is 48.1 Å². The van der Waals surface area contributed by atoms with Crippen LogP contribution in [-0.4, -0.2) is 46.3 Å². The van der Waals surface area contributed by atoms with Gasteiger partial charge < -0.3 is 19.6 Å². The lowest BCUT2D eigenvalue weighted by Gasteiger charge is -2.36. The molecule has 3 aromatic heterocycles. The van der Waals surface area contributed by atoms with Crippen molar-refractivity contribution in [3.63, 3.8) is 0 Å². The van der Waals surface area contributed by atoms with Gasteiger partial charge in [-0.05, 0) is 26.0 Å². The minimum Gasteiger partial charge on any atom is -0.360 e. The molecule has 0 unspecified atom stereocenters. The first-order chi connectivity index (χ1) is 12.7. The molecule has 0 amide bonds. The number of nitrogens with zero attached hydrogens (tertiary/aromatic N) is 6. The number of pyridine rings is 1. The second-order valence-electron chi connectivity index (χ2n) is 6.27. The number of aryl methyl sites for hydroxylation is 2. The van der Waals surface area contributed by atoms with Crippen LogP contribution in [0.3, 0.4) is 0 Å². The van der Waals surface area contributed by atoms with Crippen LogP contribution in [0.25, 0.3) is 0 Å². The number of aromatic nitrogens is 4. The molecule has 1 aliphatic rings. The average Bonchev–Trinajstić information content (AvgIpc) is 3.07. The van der Waals surface area contributed by atoms with Crippen molar-refractivity contribution in [2.75, 3.05) is 41.3 Å². The molecule has 1 N–H and O–H groups in total. The Morgan fingerprint density at radius 1 is 0.923 bits per heavy atom. The number of piperazine rings is 1. The maximum Gasteiger partial charge on any atom is 0.175 e. The van der Waals surface area contributed by atoms with Crippen LogP contribution >= 0.6 is 0 Å². The quantitative estimate of drug-likeness (QED) is 0.768. The molecule has 0 aliphatic carbocycles. The zero-order valence-electron chi connectivity index (χ0n) is 14.9. The van der Waals surface area contributed by atoms with Gasteiger partial charge in [-0.25, -0.2) is 15.0 Å². The molecule has 0 aromatic carbocycles.